The van der Waals surface area contributed by atoms with Crippen LogP contribution in [-0.2, 0) is 59.2 Å². The van der Waals surface area contributed by atoms with Crippen LogP contribution in [-0.4, -0.2) is 174 Å². The molecule has 24 N–H and O–H groups in total. The van der Waals surface area contributed by atoms with Crippen LogP contribution in [0.3, 0.4) is 0 Å². The van der Waals surface area contributed by atoms with Gasteiger partial charge in [-0.1, -0.05) is 12.1 Å². The zero-order chi connectivity index (χ0) is 61.7. The Hall–Kier alpha value is -7.05. The van der Waals surface area contributed by atoms with Gasteiger partial charge in [-0.15, -0.1) is 0 Å². The van der Waals surface area contributed by atoms with Gasteiger partial charge in [0.15, 0.2) is 0 Å². The maximum absolute atomic E-state index is 14.4. The predicted molar refractivity (Wildman–Crippen MR) is 303 cm³/mol. The number of carboxylic acids is 2. The molecule has 1 rings (SSSR count). The van der Waals surface area contributed by atoms with Crippen molar-refractivity contribution in [1.82, 2.24) is 47.9 Å². The first-order valence-electron chi connectivity index (χ1n) is 28.1. The summed E-state index contributed by atoms with van der Waals surface area (Å²) < 4.78 is 0. The van der Waals surface area contributed by atoms with Gasteiger partial charge < -0.3 is 97.6 Å². The van der Waals surface area contributed by atoms with Gasteiger partial charge in [-0.3, -0.25) is 47.9 Å². The molecule has 82 heavy (non-hydrogen) atoms. The number of hydrogen-bond donors (Lipinski definition) is 18. The largest absolute Gasteiger partial charge is 0.508 e. The number of carbonyl (C=O) groups excluding carboxylic acids is 9. The van der Waals surface area contributed by atoms with Crippen LogP contribution in [0.25, 0.3) is 0 Å². The van der Waals surface area contributed by atoms with Crippen molar-refractivity contribution in [1.29, 1.82) is 0 Å². The van der Waals surface area contributed by atoms with E-state index >= 15 is 0 Å². The molecular weight excluding hydrogens is 1070 g/mol. The fraction of sp³-hybridized carbons (Fsp3) is 0.679. The van der Waals surface area contributed by atoms with Crippen molar-refractivity contribution >= 4 is 65.1 Å². The minimum Gasteiger partial charge on any atom is -0.508 e. The highest BCUT2D eigenvalue weighted by atomic mass is 16.4. The third kappa shape index (κ3) is 29.6. The van der Waals surface area contributed by atoms with Gasteiger partial charge in [-0.2, -0.15) is 0 Å². The van der Waals surface area contributed by atoms with Crippen molar-refractivity contribution < 1.29 is 68.1 Å². The number of aliphatic carboxylic acids is 2. The number of phenols is 1. The summed E-state index contributed by atoms with van der Waals surface area (Å²) in [6, 6.07) is -7.42. The summed E-state index contributed by atoms with van der Waals surface area (Å²) in [6.07, 6.45) is 2.79. The topological polar surface area (TPSA) is 513 Å². The zero-order valence-corrected chi connectivity index (χ0v) is 47.6. The quantitative estimate of drug-likeness (QED) is 0.0279. The van der Waals surface area contributed by atoms with Crippen LogP contribution in [0.2, 0.25) is 0 Å². The van der Waals surface area contributed by atoms with Crippen LogP contribution in [0.15, 0.2) is 24.3 Å². The molecule has 464 valence electrons. The Morgan fingerprint density at radius 3 is 0.988 bits per heavy atom. The molecule has 29 heteroatoms. The molecule has 10 atom stereocenters. The zero-order valence-electron chi connectivity index (χ0n) is 47.6. The van der Waals surface area contributed by atoms with Crippen molar-refractivity contribution in [3.63, 3.8) is 0 Å². The predicted octanol–water partition coefficient (Wildman–Crippen LogP) is -3.72. The van der Waals surface area contributed by atoms with Crippen LogP contribution in [0.1, 0.15) is 135 Å². The molecule has 1 aromatic carbocycles. The Kier molecular flexibility index (Phi) is 36.5. The number of nitrogens with two attached hydrogens (primary N) is 6. The van der Waals surface area contributed by atoms with Crippen molar-refractivity contribution in [3.05, 3.63) is 29.8 Å². The van der Waals surface area contributed by atoms with E-state index in [9.17, 15) is 68.1 Å². The minimum absolute atomic E-state index is 0.00355. The smallest absolute Gasteiger partial charge is 0.326 e. The van der Waals surface area contributed by atoms with E-state index < -0.39 is 138 Å². The normalized spacial score (nSPS) is 14.7. The molecule has 0 aliphatic rings. The summed E-state index contributed by atoms with van der Waals surface area (Å²) in [4.78, 5) is 147. The van der Waals surface area contributed by atoms with Gasteiger partial charge >= 0.3 is 11.9 Å². The molecule has 29 nitrogen and oxygen atoms in total. The highest BCUT2D eigenvalue weighted by Crippen LogP contribution is 2.14. The second-order valence-electron chi connectivity index (χ2n) is 20.2. The first kappa shape index (κ1) is 73.0. The number of hydrogen-bond acceptors (Lipinski definition) is 18. The highest BCUT2D eigenvalue weighted by molar-refractivity contribution is 5.98. The summed E-state index contributed by atoms with van der Waals surface area (Å²) in [5, 5.41) is 52.5. The first-order chi connectivity index (χ1) is 38.9. The van der Waals surface area contributed by atoms with Gasteiger partial charge in [0.05, 0.1) is 6.04 Å². The second kappa shape index (κ2) is 41.0. The van der Waals surface area contributed by atoms with E-state index in [-0.39, 0.29) is 76.9 Å². The third-order valence-corrected chi connectivity index (χ3v) is 13.1. The Bertz CT molecular complexity index is 2190. The summed E-state index contributed by atoms with van der Waals surface area (Å²) in [5.41, 5.74) is 34.5. The Labute approximate surface area is 479 Å². The van der Waals surface area contributed by atoms with Crippen molar-refractivity contribution in [2.24, 2.45) is 34.4 Å². The average molecular weight is 1160 g/mol. The average Bonchev–Trinajstić information content (AvgIpc) is 3.48. The van der Waals surface area contributed by atoms with Gasteiger partial charge in [0.2, 0.25) is 53.2 Å². The summed E-state index contributed by atoms with van der Waals surface area (Å²) >= 11 is 0. The van der Waals surface area contributed by atoms with Crippen molar-refractivity contribution in [2.75, 3.05) is 32.7 Å². The van der Waals surface area contributed by atoms with E-state index in [0.717, 1.165) is 0 Å². The Morgan fingerprint density at radius 1 is 0.378 bits per heavy atom. The fourth-order valence-corrected chi connectivity index (χ4v) is 8.16. The van der Waals surface area contributed by atoms with Crippen LogP contribution in [0.4, 0.5) is 0 Å². The van der Waals surface area contributed by atoms with Gasteiger partial charge in [0, 0.05) is 12.8 Å². The number of carbonyl (C=O) groups is 11. The number of amides is 9. The molecule has 0 saturated carbocycles. The number of rotatable bonds is 44. The monoisotopic (exact) mass is 1160 g/mol. The Morgan fingerprint density at radius 2 is 0.659 bits per heavy atom. The SMILES string of the molecule is C[C@H](N)C(=O)N[C@@H](C)C(=O)N[C@@H](CCCCN)C(=O)N[C@@H](Cc1ccc(O)cc1)C(=O)N[C@@H](CCC(=O)O)C(=O)N[C@@H](CCCCN)C(=O)N[C@@H](CCCCN)C(=O)N[C@@H](C)C(=O)N[C@@H](CCCCN)C(=O)N[C@@H](CCCCN)C(=O)O. The molecule has 0 unspecified atom stereocenters. The van der Waals surface area contributed by atoms with Gasteiger partial charge in [0.1, 0.15) is 60.1 Å². The first-order valence-corrected chi connectivity index (χ1v) is 28.1. The maximum atomic E-state index is 14.4. The molecular formula is C53H93N15O14. The number of nitrogens with one attached hydrogen (secondary N) is 9. The van der Waals surface area contributed by atoms with Crippen LogP contribution in [0.5, 0.6) is 5.75 Å². The van der Waals surface area contributed by atoms with E-state index in [0.29, 0.717) is 69.9 Å². The molecule has 1 aromatic rings. The van der Waals surface area contributed by atoms with Gasteiger partial charge in [-0.05, 0) is 174 Å². The van der Waals surface area contributed by atoms with E-state index in [1.165, 1.54) is 45.0 Å². The molecule has 0 heterocycles. The lowest BCUT2D eigenvalue weighted by Gasteiger charge is -2.28. The number of carboxylic acid groups (broad SMARTS) is 2. The number of phenolic OH excluding ortho intramolecular Hbond substituents is 1. The van der Waals surface area contributed by atoms with Crippen molar-refractivity contribution in [3.8, 4) is 5.75 Å². The van der Waals surface area contributed by atoms with E-state index in [1.807, 2.05) is 0 Å². The molecule has 0 fully saturated rings. The number of benzene rings is 1. The van der Waals surface area contributed by atoms with Crippen LogP contribution in [0, 0.1) is 0 Å². The molecule has 0 saturated heterocycles. The van der Waals surface area contributed by atoms with Crippen LogP contribution < -0.4 is 82.3 Å². The molecule has 0 aliphatic carbocycles. The second-order valence-corrected chi connectivity index (χ2v) is 20.2. The van der Waals surface area contributed by atoms with Gasteiger partial charge in [-0.25, -0.2) is 4.79 Å². The Balaban J connectivity index is 3.57. The third-order valence-electron chi connectivity index (χ3n) is 13.1. The van der Waals surface area contributed by atoms with Crippen molar-refractivity contribution in [2.45, 2.75) is 197 Å². The molecule has 0 spiro atoms. The van der Waals surface area contributed by atoms with E-state index in [4.69, 9.17) is 34.4 Å². The maximum Gasteiger partial charge on any atom is 0.326 e. The lowest BCUT2D eigenvalue weighted by molar-refractivity contribution is -0.142. The number of aromatic hydroxyl groups is 1. The van der Waals surface area contributed by atoms with Crippen LogP contribution >= 0.6 is 0 Å². The lowest BCUT2D eigenvalue weighted by Crippen LogP contribution is -2.60. The van der Waals surface area contributed by atoms with Gasteiger partial charge in [0.25, 0.3) is 0 Å². The molecule has 9 amide bonds. The summed E-state index contributed by atoms with van der Waals surface area (Å²) in [7, 11) is 0. The van der Waals surface area contributed by atoms with E-state index in [2.05, 4.69) is 47.9 Å². The van der Waals surface area contributed by atoms with E-state index in [1.54, 1.807) is 0 Å². The fourth-order valence-electron chi connectivity index (χ4n) is 8.16. The highest BCUT2D eigenvalue weighted by Gasteiger charge is 2.35. The molecule has 0 bridgehead atoms. The molecule has 0 aromatic heterocycles. The summed E-state index contributed by atoms with van der Waals surface area (Å²) in [5.74, 6) is -10.2. The standard InChI is InChI=1S/C53H93N15O14/c1-31(59)44(72)60-32(2)45(73)63-38(16-6-11-27-56)50(78)68-42(30-34-19-21-35(69)22-20-34)52(80)66-40(23-24-43(70)71)51(79)65-39(17-7-12-28-57)48(76)64-36(14-4-9-25-54)47(75)61-33(3)46(74)62-37(15-5-10-26-55)49(77)67-41(53(81)82)18-8-13-29-58/h19-22,31-33,36-42,69H,4-18,23-30,54-59H2,1-3H3,(H,60,72)(H,61,75)(H,62,74)(H,63,73)(H,64,76)(H,65,79)(H,66,80)(H,67,77)(H,68,78)(H,70,71)(H,81,82)/t31-,32-,33-,36-,37-,38-,39-,40-,41-,42-/m0/s1. The molecule has 0 radical (unpaired) electrons. The summed E-state index contributed by atoms with van der Waals surface area (Å²) in [6.45, 7) is 5.43. The molecule has 0 aliphatic heterocycles. The number of unbranched alkanes of at least 4 members (excludes halogenated alkanes) is 5. The lowest BCUT2D eigenvalue weighted by atomic mass is 10.0. The minimum atomic E-state index is -1.66.